The number of nitrogens with zero attached hydrogens (tertiary/aromatic N) is 2. The van der Waals surface area contributed by atoms with Crippen molar-refractivity contribution < 1.29 is 23.8 Å². The predicted octanol–water partition coefficient (Wildman–Crippen LogP) is 3.03. The molecule has 28 heavy (non-hydrogen) atoms. The van der Waals surface area contributed by atoms with Gasteiger partial charge in [0.1, 0.15) is 6.61 Å². The number of hydrogen-bond acceptors (Lipinski definition) is 7. The van der Waals surface area contributed by atoms with E-state index in [1.165, 1.54) is 16.2 Å². The molecule has 1 amide bonds. The minimum absolute atomic E-state index is 0.0411. The zero-order valence-corrected chi connectivity index (χ0v) is 16.0. The van der Waals surface area contributed by atoms with E-state index in [1.807, 2.05) is 37.3 Å². The Balaban J connectivity index is 1.38. The predicted molar refractivity (Wildman–Crippen MR) is 105 cm³/mol. The summed E-state index contributed by atoms with van der Waals surface area (Å²) in [4.78, 5) is 30.9. The average Bonchev–Trinajstić information content (AvgIpc) is 3.15. The van der Waals surface area contributed by atoms with Crippen LogP contribution in [0.5, 0.6) is 11.5 Å². The summed E-state index contributed by atoms with van der Waals surface area (Å²) < 4.78 is 17.3. The number of amides is 1. The first kappa shape index (κ1) is 18.2. The number of benzene rings is 2. The van der Waals surface area contributed by atoms with E-state index < -0.39 is 12.1 Å². The van der Waals surface area contributed by atoms with Crippen LogP contribution in [0.15, 0.2) is 48.5 Å². The van der Waals surface area contributed by atoms with Crippen LogP contribution in [0.1, 0.15) is 6.92 Å². The second-order valence-electron chi connectivity index (χ2n) is 6.07. The van der Waals surface area contributed by atoms with Crippen LogP contribution in [-0.4, -0.2) is 42.7 Å². The van der Waals surface area contributed by atoms with Gasteiger partial charge in [-0.15, -0.1) is 0 Å². The molecule has 3 aromatic rings. The molecule has 1 unspecified atom stereocenters. The molecule has 0 bridgehead atoms. The smallest absolute Gasteiger partial charge is 0.351 e. The number of ether oxygens (including phenoxy) is 3. The summed E-state index contributed by atoms with van der Waals surface area (Å²) >= 11 is 1.42. The van der Waals surface area contributed by atoms with E-state index >= 15 is 0 Å². The quantitative estimate of drug-likeness (QED) is 0.615. The van der Waals surface area contributed by atoms with Crippen molar-refractivity contribution in [2.24, 2.45) is 0 Å². The van der Waals surface area contributed by atoms with Gasteiger partial charge in [0.15, 0.2) is 23.2 Å². The van der Waals surface area contributed by atoms with Crippen molar-refractivity contribution in [3.63, 3.8) is 0 Å². The largest absolute Gasteiger partial charge is 0.485 e. The van der Waals surface area contributed by atoms with Gasteiger partial charge in [-0.05, 0) is 31.2 Å². The third-order valence-corrected chi connectivity index (χ3v) is 5.30. The minimum atomic E-state index is -0.903. The molecule has 0 radical (unpaired) electrons. The molecule has 0 aliphatic carbocycles. The van der Waals surface area contributed by atoms with E-state index in [1.54, 1.807) is 18.2 Å². The topological polar surface area (TPSA) is 78.0 Å². The van der Waals surface area contributed by atoms with E-state index in [-0.39, 0.29) is 19.1 Å². The Morgan fingerprint density at radius 3 is 2.71 bits per heavy atom. The van der Waals surface area contributed by atoms with Crippen molar-refractivity contribution >= 4 is 38.6 Å². The average molecular weight is 398 g/mol. The number of hydrogen-bond donors (Lipinski definition) is 0. The summed E-state index contributed by atoms with van der Waals surface area (Å²) in [5.74, 6) is 0.0811. The number of para-hydroxylation sites is 3. The molecule has 0 saturated heterocycles. The van der Waals surface area contributed by atoms with Gasteiger partial charge in [0, 0.05) is 6.54 Å². The van der Waals surface area contributed by atoms with Crippen molar-refractivity contribution in [2.45, 2.75) is 13.0 Å². The van der Waals surface area contributed by atoms with Crippen molar-refractivity contribution in [3.8, 4) is 11.5 Å². The molecule has 144 valence electrons. The van der Waals surface area contributed by atoms with Crippen LogP contribution in [0.3, 0.4) is 0 Å². The van der Waals surface area contributed by atoms with E-state index in [0.29, 0.717) is 23.2 Å². The Kier molecular flexibility index (Phi) is 5.12. The van der Waals surface area contributed by atoms with Crippen molar-refractivity contribution in [2.75, 3.05) is 24.7 Å². The highest BCUT2D eigenvalue weighted by Gasteiger charge is 2.30. The molecule has 8 heteroatoms. The summed E-state index contributed by atoms with van der Waals surface area (Å²) in [6, 6.07) is 14.8. The van der Waals surface area contributed by atoms with Gasteiger partial charge in [-0.25, -0.2) is 9.78 Å². The number of carbonyl (C=O) groups is 2. The van der Waals surface area contributed by atoms with Gasteiger partial charge >= 0.3 is 5.97 Å². The number of thiazole rings is 1. The van der Waals surface area contributed by atoms with E-state index in [4.69, 9.17) is 14.2 Å². The number of rotatable bonds is 5. The maximum Gasteiger partial charge on any atom is 0.351 e. The highest BCUT2D eigenvalue weighted by Crippen LogP contribution is 2.31. The van der Waals surface area contributed by atoms with Gasteiger partial charge in [-0.2, -0.15) is 0 Å². The lowest BCUT2D eigenvalue weighted by molar-refractivity contribution is -0.157. The first-order valence-corrected chi connectivity index (χ1v) is 9.68. The lowest BCUT2D eigenvalue weighted by Crippen LogP contribution is -2.40. The van der Waals surface area contributed by atoms with Gasteiger partial charge < -0.3 is 14.2 Å². The fourth-order valence-electron chi connectivity index (χ4n) is 2.83. The lowest BCUT2D eigenvalue weighted by atomic mass is 10.2. The number of fused-ring (bicyclic) bond motifs is 2. The molecule has 0 saturated carbocycles. The van der Waals surface area contributed by atoms with Crippen molar-refractivity contribution in [1.82, 2.24) is 4.98 Å². The van der Waals surface area contributed by atoms with Crippen LogP contribution in [0.4, 0.5) is 5.13 Å². The summed E-state index contributed by atoms with van der Waals surface area (Å²) in [5, 5.41) is 0.580. The molecule has 1 atom stereocenters. The molecular weight excluding hydrogens is 380 g/mol. The SMILES string of the molecule is CCN(C(=O)COC(=O)C1COc2ccccc2O1)c1nc2ccccc2s1. The van der Waals surface area contributed by atoms with Crippen LogP contribution in [-0.2, 0) is 14.3 Å². The second kappa shape index (κ2) is 7.85. The van der Waals surface area contributed by atoms with Crippen LogP contribution >= 0.6 is 11.3 Å². The third kappa shape index (κ3) is 3.63. The van der Waals surface area contributed by atoms with Gasteiger partial charge in [0.25, 0.3) is 5.91 Å². The second-order valence-corrected chi connectivity index (χ2v) is 7.08. The highest BCUT2D eigenvalue weighted by atomic mass is 32.1. The number of likely N-dealkylation sites (N-methyl/N-ethyl adjacent to an activating group) is 1. The first-order chi connectivity index (χ1) is 13.7. The summed E-state index contributed by atoms with van der Waals surface area (Å²) in [5.41, 5.74) is 0.831. The van der Waals surface area contributed by atoms with Crippen LogP contribution < -0.4 is 14.4 Å². The van der Waals surface area contributed by atoms with Gasteiger partial charge in [0.2, 0.25) is 6.10 Å². The molecule has 0 fully saturated rings. The van der Waals surface area contributed by atoms with Crippen LogP contribution in [0.2, 0.25) is 0 Å². The maximum atomic E-state index is 12.6. The monoisotopic (exact) mass is 398 g/mol. The van der Waals surface area contributed by atoms with Crippen LogP contribution in [0, 0.1) is 0 Å². The van der Waals surface area contributed by atoms with Crippen molar-refractivity contribution in [3.05, 3.63) is 48.5 Å². The molecule has 4 rings (SSSR count). The van der Waals surface area contributed by atoms with Gasteiger partial charge in [0.05, 0.1) is 10.2 Å². The zero-order valence-electron chi connectivity index (χ0n) is 15.2. The molecule has 7 nitrogen and oxygen atoms in total. The fourth-order valence-corrected chi connectivity index (χ4v) is 3.88. The van der Waals surface area contributed by atoms with E-state index in [9.17, 15) is 9.59 Å². The third-order valence-electron chi connectivity index (χ3n) is 4.24. The summed E-state index contributed by atoms with van der Waals surface area (Å²) in [6.07, 6.45) is -0.903. The Bertz CT molecular complexity index is 986. The Morgan fingerprint density at radius 2 is 1.93 bits per heavy atom. The van der Waals surface area contributed by atoms with Gasteiger partial charge in [-0.1, -0.05) is 35.6 Å². The minimum Gasteiger partial charge on any atom is -0.485 e. The van der Waals surface area contributed by atoms with Crippen LogP contribution in [0.25, 0.3) is 10.2 Å². The molecule has 1 aliphatic rings. The highest BCUT2D eigenvalue weighted by molar-refractivity contribution is 7.22. The molecule has 2 heterocycles. The fraction of sp³-hybridized carbons (Fsp3) is 0.250. The normalized spacial score (nSPS) is 15.2. The standard InChI is InChI=1S/C20H18N2O5S/c1-2-22(20-21-13-7-3-6-10-17(13)28-20)18(23)12-26-19(24)16-11-25-14-8-4-5-9-15(14)27-16/h3-10,16H,2,11-12H2,1H3. The van der Waals surface area contributed by atoms with E-state index in [2.05, 4.69) is 4.98 Å². The van der Waals surface area contributed by atoms with Crippen molar-refractivity contribution in [1.29, 1.82) is 0 Å². The zero-order chi connectivity index (χ0) is 19.5. The Labute approximate surface area is 165 Å². The molecule has 0 N–H and O–H groups in total. The first-order valence-electron chi connectivity index (χ1n) is 8.86. The Hall–Kier alpha value is -3.13. The number of carbonyl (C=O) groups excluding carboxylic acids is 2. The number of esters is 1. The Morgan fingerprint density at radius 1 is 1.18 bits per heavy atom. The number of aromatic nitrogens is 1. The summed E-state index contributed by atoms with van der Waals surface area (Å²) in [6.45, 7) is 1.93. The number of anilines is 1. The van der Waals surface area contributed by atoms with E-state index in [0.717, 1.165) is 10.2 Å². The lowest BCUT2D eigenvalue weighted by Gasteiger charge is -2.25. The molecule has 1 aliphatic heterocycles. The summed E-state index contributed by atoms with van der Waals surface area (Å²) in [7, 11) is 0. The maximum absolute atomic E-state index is 12.6. The molecule has 2 aromatic carbocycles. The van der Waals surface area contributed by atoms with Gasteiger partial charge in [-0.3, -0.25) is 9.69 Å². The molecule has 0 spiro atoms. The molecular formula is C20H18N2O5S. The molecule has 1 aromatic heterocycles.